The van der Waals surface area contributed by atoms with Crippen molar-refractivity contribution in [3.63, 3.8) is 0 Å². The molecule has 0 aromatic rings. The summed E-state index contributed by atoms with van der Waals surface area (Å²) in [6.07, 6.45) is 8.55. The largest absolute Gasteiger partial charge is 0.381 e. The molecule has 0 aromatic heterocycles. The molecule has 1 N–H and O–H groups in total. The summed E-state index contributed by atoms with van der Waals surface area (Å²) in [5.41, 5.74) is 0. The minimum atomic E-state index is 0. The van der Waals surface area contributed by atoms with Crippen molar-refractivity contribution in [1.29, 1.82) is 0 Å². The molecular formula is C15H30IN3OS. The lowest BCUT2D eigenvalue weighted by Crippen LogP contribution is -2.48. The average Bonchev–Trinajstić information content (AvgIpc) is 2.49. The van der Waals surface area contributed by atoms with E-state index < -0.39 is 0 Å². The van der Waals surface area contributed by atoms with Crippen molar-refractivity contribution in [3.8, 4) is 0 Å². The van der Waals surface area contributed by atoms with Gasteiger partial charge in [0, 0.05) is 45.1 Å². The van der Waals surface area contributed by atoms with Gasteiger partial charge < -0.3 is 15.0 Å². The Morgan fingerprint density at radius 3 is 2.67 bits per heavy atom. The van der Waals surface area contributed by atoms with Crippen LogP contribution in [0.25, 0.3) is 0 Å². The highest BCUT2D eigenvalue weighted by Crippen LogP contribution is 2.32. The molecule has 1 fully saturated rings. The number of unbranched alkanes of at least 4 members (excludes halogenated alkanes) is 1. The smallest absolute Gasteiger partial charge is 0.193 e. The Morgan fingerprint density at radius 2 is 2.14 bits per heavy atom. The third kappa shape index (κ3) is 7.23. The number of aliphatic imine (C=N–C) groups is 1. The maximum Gasteiger partial charge on any atom is 0.193 e. The minimum Gasteiger partial charge on any atom is -0.381 e. The van der Waals surface area contributed by atoms with Gasteiger partial charge in [0.1, 0.15) is 0 Å². The van der Waals surface area contributed by atoms with Crippen LogP contribution in [0.15, 0.2) is 17.6 Å². The first-order chi connectivity index (χ1) is 9.67. The number of allylic oxidation sites excluding steroid dienone is 1. The number of rotatable bonds is 7. The van der Waals surface area contributed by atoms with Crippen molar-refractivity contribution in [2.45, 2.75) is 30.4 Å². The van der Waals surface area contributed by atoms with E-state index in [1.807, 2.05) is 24.9 Å². The van der Waals surface area contributed by atoms with Gasteiger partial charge in [-0.25, -0.2) is 0 Å². The molecule has 0 atom stereocenters. The number of hydrogen-bond acceptors (Lipinski definition) is 3. The van der Waals surface area contributed by atoms with Gasteiger partial charge in [-0.15, -0.1) is 30.6 Å². The van der Waals surface area contributed by atoms with Crippen LogP contribution in [0.1, 0.15) is 25.7 Å². The Balaban J connectivity index is 0.00000400. The van der Waals surface area contributed by atoms with Crippen molar-refractivity contribution in [2.75, 3.05) is 46.7 Å². The van der Waals surface area contributed by atoms with Crippen LogP contribution in [0.4, 0.5) is 0 Å². The first-order valence-corrected chi connectivity index (χ1v) is 8.55. The number of guanidine groups is 1. The van der Waals surface area contributed by atoms with E-state index in [0.717, 1.165) is 57.9 Å². The van der Waals surface area contributed by atoms with E-state index >= 15 is 0 Å². The molecule has 1 saturated heterocycles. The summed E-state index contributed by atoms with van der Waals surface area (Å²) in [5, 5.41) is 3.53. The van der Waals surface area contributed by atoms with E-state index in [2.05, 4.69) is 35.1 Å². The summed E-state index contributed by atoms with van der Waals surface area (Å²) >= 11 is 1.95. The third-order valence-corrected chi connectivity index (χ3v) is 5.30. The number of nitrogens with one attached hydrogen (secondary N) is 1. The standard InChI is InChI=1S/C15H29N3OS.HI/c1-5-6-7-10-18(3)14(16-2)17-13-15(20-4)8-11-19-12-9-15;/h5H,1,6-13H2,2-4H3,(H,16,17);1H. The molecule has 1 heterocycles. The molecule has 0 bridgehead atoms. The highest BCUT2D eigenvalue weighted by Gasteiger charge is 2.32. The topological polar surface area (TPSA) is 36.9 Å². The molecule has 0 spiro atoms. The molecule has 1 aliphatic heterocycles. The van der Waals surface area contributed by atoms with E-state index in [-0.39, 0.29) is 28.7 Å². The van der Waals surface area contributed by atoms with Gasteiger partial charge in [-0.3, -0.25) is 4.99 Å². The van der Waals surface area contributed by atoms with Gasteiger partial charge in [-0.1, -0.05) is 6.08 Å². The first kappa shape index (κ1) is 21.0. The van der Waals surface area contributed by atoms with E-state index in [4.69, 9.17) is 4.74 Å². The molecule has 0 amide bonds. The minimum absolute atomic E-state index is 0. The zero-order valence-corrected chi connectivity index (χ0v) is 16.7. The van der Waals surface area contributed by atoms with Gasteiger partial charge in [0.15, 0.2) is 5.96 Å². The van der Waals surface area contributed by atoms with E-state index in [0.29, 0.717) is 0 Å². The fourth-order valence-corrected chi connectivity index (χ4v) is 3.19. The zero-order valence-electron chi connectivity index (χ0n) is 13.6. The summed E-state index contributed by atoms with van der Waals surface area (Å²) < 4.78 is 5.77. The second-order valence-electron chi connectivity index (χ2n) is 5.25. The van der Waals surface area contributed by atoms with Gasteiger partial charge in [0.2, 0.25) is 0 Å². The van der Waals surface area contributed by atoms with E-state index in [1.54, 1.807) is 0 Å². The second-order valence-corrected chi connectivity index (χ2v) is 6.53. The van der Waals surface area contributed by atoms with Gasteiger partial charge in [-0.05, 0) is 31.9 Å². The van der Waals surface area contributed by atoms with Gasteiger partial charge in [0.05, 0.1) is 0 Å². The number of halogens is 1. The molecule has 0 radical (unpaired) electrons. The van der Waals surface area contributed by atoms with Crippen LogP contribution in [0, 0.1) is 0 Å². The lowest BCUT2D eigenvalue weighted by Gasteiger charge is -2.36. The highest BCUT2D eigenvalue weighted by atomic mass is 127. The molecule has 6 heteroatoms. The monoisotopic (exact) mass is 427 g/mol. The van der Waals surface area contributed by atoms with Crippen LogP contribution in [-0.4, -0.2) is 62.3 Å². The van der Waals surface area contributed by atoms with Gasteiger partial charge in [0.25, 0.3) is 0 Å². The summed E-state index contributed by atoms with van der Waals surface area (Å²) in [4.78, 5) is 6.57. The van der Waals surface area contributed by atoms with Crippen molar-refractivity contribution in [2.24, 2.45) is 4.99 Å². The molecule has 124 valence electrons. The summed E-state index contributed by atoms with van der Waals surface area (Å²) in [6, 6.07) is 0. The Bertz CT molecular complexity index is 320. The lowest BCUT2D eigenvalue weighted by atomic mass is 9.99. The average molecular weight is 427 g/mol. The van der Waals surface area contributed by atoms with Crippen molar-refractivity contribution < 1.29 is 4.74 Å². The predicted octanol–water partition coefficient (Wildman–Crippen LogP) is 2.99. The highest BCUT2D eigenvalue weighted by molar-refractivity contribution is 14.0. The van der Waals surface area contributed by atoms with Crippen molar-refractivity contribution >= 4 is 41.7 Å². The van der Waals surface area contributed by atoms with E-state index in [1.165, 1.54) is 0 Å². The van der Waals surface area contributed by atoms with Crippen LogP contribution in [-0.2, 0) is 4.74 Å². The van der Waals surface area contributed by atoms with Crippen molar-refractivity contribution in [1.82, 2.24) is 10.2 Å². The summed E-state index contributed by atoms with van der Waals surface area (Å²) in [6.45, 7) is 7.46. The molecule has 4 nitrogen and oxygen atoms in total. The maximum absolute atomic E-state index is 5.48. The SMILES string of the molecule is C=CCCCN(C)C(=NC)NCC1(SC)CCOCC1.I. The number of nitrogens with zero attached hydrogens (tertiary/aromatic N) is 2. The first-order valence-electron chi connectivity index (χ1n) is 7.33. The zero-order chi connectivity index (χ0) is 14.8. The van der Waals surface area contributed by atoms with Crippen LogP contribution in [0.5, 0.6) is 0 Å². The van der Waals surface area contributed by atoms with Crippen molar-refractivity contribution in [3.05, 3.63) is 12.7 Å². The molecule has 0 saturated carbocycles. The maximum atomic E-state index is 5.48. The molecule has 1 rings (SSSR count). The molecule has 1 aliphatic rings. The number of thioether (sulfide) groups is 1. The lowest BCUT2D eigenvalue weighted by molar-refractivity contribution is 0.0781. The molecule has 0 unspecified atom stereocenters. The van der Waals surface area contributed by atoms with Gasteiger partial charge in [-0.2, -0.15) is 11.8 Å². The molecule has 0 aromatic carbocycles. The fourth-order valence-electron chi connectivity index (χ4n) is 2.40. The number of hydrogen-bond donors (Lipinski definition) is 1. The van der Waals surface area contributed by atoms with Crippen LogP contribution in [0.2, 0.25) is 0 Å². The van der Waals surface area contributed by atoms with Crippen LogP contribution >= 0.6 is 35.7 Å². The molecule has 21 heavy (non-hydrogen) atoms. The van der Waals surface area contributed by atoms with E-state index in [9.17, 15) is 0 Å². The Kier molecular flexibility index (Phi) is 11.6. The number of ether oxygens (including phenoxy) is 1. The second kappa shape index (κ2) is 11.6. The molecule has 0 aliphatic carbocycles. The predicted molar refractivity (Wildman–Crippen MR) is 105 cm³/mol. The van der Waals surface area contributed by atoms with Crippen LogP contribution < -0.4 is 5.32 Å². The normalized spacial score (nSPS) is 17.8. The fraction of sp³-hybridized carbons (Fsp3) is 0.800. The summed E-state index contributed by atoms with van der Waals surface area (Å²) in [7, 11) is 3.94. The third-order valence-electron chi connectivity index (χ3n) is 3.88. The molecular weight excluding hydrogens is 397 g/mol. The Morgan fingerprint density at radius 1 is 1.48 bits per heavy atom. The summed E-state index contributed by atoms with van der Waals surface area (Å²) in [5.74, 6) is 0.981. The quantitative estimate of drug-likeness (QED) is 0.223. The van der Waals surface area contributed by atoms with Crippen LogP contribution in [0.3, 0.4) is 0 Å². The Hall–Kier alpha value is 0.0500. The Labute approximate surface area is 151 Å². The van der Waals surface area contributed by atoms with Gasteiger partial charge >= 0.3 is 0 Å².